The molecule has 3 heterocycles. The van der Waals surface area contributed by atoms with Gasteiger partial charge in [0, 0.05) is 41.8 Å². The zero-order valence-electron chi connectivity index (χ0n) is 13.9. The van der Waals surface area contributed by atoms with E-state index in [1.54, 1.807) is 4.90 Å². The molecule has 5 heteroatoms. The minimum absolute atomic E-state index is 0.0395. The summed E-state index contributed by atoms with van der Waals surface area (Å²) in [7, 11) is 0. The molecule has 1 saturated heterocycles. The highest BCUT2D eigenvalue weighted by atomic mass is 79.9. The highest BCUT2D eigenvalue weighted by Gasteiger charge is 2.48. The number of likely N-dealkylation sites (tertiary alicyclic amines) is 1. The van der Waals surface area contributed by atoms with Gasteiger partial charge in [-0.2, -0.15) is 0 Å². The third-order valence-electron chi connectivity index (χ3n) is 5.65. The van der Waals surface area contributed by atoms with E-state index >= 15 is 0 Å². The summed E-state index contributed by atoms with van der Waals surface area (Å²) in [6.07, 6.45) is 1.26. The number of hydrogen-bond acceptors (Lipinski definition) is 2. The summed E-state index contributed by atoms with van der Waals surface area (Å²) in [5.74, 6) is 0.306. The summed E-state index contributed by atoms with van der Waals surface area (Å²) in [5.41, 5.74) is 5.66. The van der Waals surface area contributed by atoms with Gasteiger partial charge in [0.25, 0.3) is 0 Å². The van der Waals surface area contributed by atoms with Crippen molar-refractivity contribution in [2.75, 3.05) is 24.5 Å². The molecule has 1 aromatic carbocycles. The van der Waals surface area contributed by atoms with Gasteiger partial charge in [0.05, 0.1) is 0 Å². The molecule has 0 radical (unpaired) electrons. The highest BCUT2D eigenvalue weighted by Crippen LogP contribution is 2.54. The number of amides is 1. The maximum atomic E-state index is 11.5. The number of piperidine rings is 1. The van der Waals surface area contributed by atoms with E-state index in [0.29, 0.717) is 25.0 Å². The van der Waals surface area contributed by atoms with E-state index in [4.69, 9.17) is 0 Å². The number of anilines is 1. The molecule has 0 saturated carbocycles. The fourth-order valence-corrected chi connectivity index (χ4v) is 5.91. The fraction of sp³-hybridized carbons (Fsp3) is 0.611. The summed E-state index contributed by atoms with van der Waals surface area (Å²) in [4.78, 5) is 15.6. The van der Waals surface area contributed by atoms with Crippen molar-refractivity contribution in [2.24, 2.45) is 0 Å². The van der Waals surface area contributed by atoms with E-state index in [9.17, 15) is 9.90 Å². The van der Waals surface area contributed by atoms with Gasteiger partial charge in [-0.3, -0.25) is 0 Å². The van der Waals surface area contributed by atoms with Gasteiger partial charge >= 0.3 is 6.09 Å². The Hall–Kier alpha value is -1.23. The number of nitrogens with zero attached hydrogens (tertiary/aromatic N) is 2. The van der Waals surface area contributed by atoms with E-state index in [1.807, 2.05) is 0 Å². The molecule has 0 bridgehead atoms. The number of fused-ring (bicyclic) bond motifs is 3. The fourth-order valence-electron chi connectivity index (χ4n) is 4.82. The smallest absolute Gasteiger partial charge is 0.407 e. The molecule has 0 unspecified atom stereocenters. The van der Waals surface area contributed by atoms with Crippen LogP contribution in [0.5, 0.6) is 0 Å². The van der Waals surface area contributed by atoms with Gasteiger partial charge in [-0.25, -0.2) is 4.79 Å². The Morgan fingerprint density at radius 3 is 2.74 bits per heavy atom. The number of hydrogen-bond donors (Lipinski definition) is 1. The van der Waals surface area contributed by atoms with E-state index in [0.717, 1.165) is 19.4 Å². The maximum Gasteiger partial charge on any atom is 0.407 e. The first-order valence-electron chi connectivity index (χ1n) is 8.39. The van der Waals surface area contributed by atoms with Crippen molar-refractivity contribution in [3.8, 4) is 0 Å². The summed E-state index contributed by atoms with van der Waals surface area (Å²) in [6.45, 7) is 9.11. The van der Waals surface area contributed by atoms with Gasteiger partial charge in [-0.1, -0.05) is 36.7 Å². The van der Waals surface area contributed by atoms with Gasteiger partial charge < -0.3 is 14.9 Å². The van der Waals surface area contributed by atoms with Gasteiger partial charge in [-0.15, -0.1) is 0 Å². The third-order valence-corrected chi connectivity index (χ3v) is 6.27. The Kier molecular flexibility index (Phi) is 3.25. The van der Waals surface area contributed by atoms with E-state index in [1.165, 1.54) is 26.9 Å². The minimum atomic E-state index is -0.784. The van der Waals surface area contributed by atoms with Crippen molar-refractivity contribution in [1.29, 1.82) is 0 Å². The SMILES string of the molecule is CC(C)(C)c1c(Br)cc2c3c1[C@@H]1CN(C(=O)O)CC[C@@H]1N3CC2. The molecule has 1 amide bonds. The minimum Gasteiger partial charge on any atom is -0.465 e. The lowest BCUT2D eigenvalue weighted by molar-refractivity contribution is 0.127. The van der Waals surface area contributed by atoms with Crippen molar-refractivity contribution >= 4 is 27.7 Å². The average Bonchev–Trinajstić information content (AvgIpc) is 3.00. The van der Waals surface area contributed by atoms with Crippen LogP contribution < -0.4 is 4.90 Å². The van der Waals surface area contributed by atoms with Crippen LogP contribution in [-0.4, -0.2) is 41.8 Å². The standard InChI is InChI=1S/C18H23BrN2O2/c1-18(2,3)15-12(19)8-10-4-7-21-13-5-6-20(17(22)23)9-11(13)14(15)16(10)21/h8,11,13H,4-7,9H2,1-3H3,(H,22,23)/t11-,13+/m1/s1. The Bertz CT molecular complexity index is 695. The van der Waals surface area contributed by atoms with Crippen molar-refractivity contribution in [1.82, 2.24) is 4.90 Å². The summed E-state index contributed by atoms with van der Waals surface area (Å²) < 4.78 is 1.19. The zero-order chi connectivity index (χ0) is 16.5. The number of benzene rings is 1. The molecule has 1 N–H and O–H groups in total. The highest BCUT2D eigenvalue weighted by molar-refractivity contribution is 9.10. The first-order chi connectivity index (χ1) is 10.8. The lowest BCUT2D eigenvalue weighted by Gasteiger charge is -2.38. The van der Waals surface area contributed by atoms with Crippen LogP contribution in [0.25, 0.3) is 0 Å². The molecule has 0 aromatic heterocycles. The van der Waals surface area contributed by atoms with Crippen LogP contribution in [-0.2, 0) is 11.8 Å². The van der Waals surface area contributed by atoms with Crippen LogP contribution in [0.3, 0.4) is 0 Å². The number of rotatable bonds is 0. The van der Waals surface area contributed by atoms with Gasteiger partial charge in [0.2, 0.25) is 0 Å². The summed E-state index contributed by atoms with van der Waals surface area (Å²) in [5, 5.41) is 9.43. The molecule has 0 spiro atoms. The van der Waals surface area contributed by atoms with E-state index in [2.05, 4.69) is 47.7 Å². The van der Waals surface area contributed by atoms with Crippen LogP contribution in [0.2, 0.25) is 0 Å². The van der Waals surface area contributed by atoms with Crippen LogP contribution in [0.15, 0.2) is 10.5 Å². The van der Waals surface area contributed by atoms with Crippen molar-refractivity contribution < 1.29 is 9.90 Å². The molecule has 4 nitrogen and oxygen atoms in total. The zero-order valence-corrected chi connectivity index (χ0v) is 15.5. The van der Waals surface area contributed by atoms with Gasteiger partial charge in [-0.05, 0) is 41.0 Å². The van der Waals surface area contributed by atoms with Crippen molar-refractivity contribution in [2.45, 2.75) is 51.0 Å². The van der Waals surface area contributed by atoms with Crippen LogP contribution >= 0.6 is 15.9 Å². The molecule has 2 atom stereocenters. The number of halogens is 1. The molecule has 124 valence electrons. The first-order valence-corrected chi connectivity index (χ1v) is 9.18. The summed E-state index contributed by atoms with van der Waals surface area (Å²) >= 11 is 3.81. The Balaban J connectivity index is 1.90. The monoisotopic (exact) mass is 378 g/mol. The molecular weight excluding hydrogens is 356 g/mol. The first kappa shape index (κ1) is 15.3. The second kappa shape index (κ2) is 4.88. The molecule has 3 aliphatic heterocycles. The summed E-state index contributed by atoms with van der Waals surface area (Å²) in [6, 6.07) is 2.77. The lowest BCUT2D eigenvalue weighted by atomic mass is 9.77. The molecule has 1 aromatic rings. The normalized spacial score (nSPS) is 25.6. The molecule has 3 aliphatic rings. The van der Waals surface area contributed by atoms with Gasteiger partial charge in [0.1, 0.15) is 0 Å². The van der Waals surface area contributed by atoms with Gasteiger partial charge in [0.15, 0.2) is 0 Å². The van der Waals surface area contributed by atoms with Crippen LogP contribution in [0.4, 0.5) is 10.5 Å². The lowest BCUT2D eigenvalue weighted by Crippen LogP contribution is -2.47. The topological polar surface area (TPSA) is 43.8 Å². The quantitative estimate of drug-likeness (QED) is 0.742. The molecule has 23 heavy (non-hydrogen) atoms. The third kappa shape index (κ3) is 2.12. The Labute approximate surface area is 145 Å². The largest absolute Gasteiger partial charge is 0.465 e. The average molecular weight is 379 g/mol. The molecular formula is C18H23BrN2O2. The molecule has 1 fully saturated rings. The van der Waals surface area contributed by atoms with E-state index in [-0.39, 0.29) is 5.41 Å². The Morgan fingerprint density at radius 1 is 1.35 bits per heavy atom. The molecule has 0 aliphatic carbocycles. The predicted octanol–water partition coefficient (Wildman–Crippen LogP) is 3.96. The van der Waals surface area contributed by atoms with Crippen LogP contribution in [0.1, 0.15) is 49.8 Å². The second-order valence-corrected chi connectivity index (χ2v) is 8.89. The van der Waals surface area contributed by atoms with Crippen molar-refractivity contribution in [3.63, 3.8) is 0 Å². The van der Waals surface area contributed by atoms with Crippen LogP contribution in [0, 0.1) is 0 Å². The number of carbonyl (C=O) groups is 1. The maximum absolute atomic E-state index is 11.5. The number of carboxylic acid groups (broad SMARTS) is 1. The Morgan fingerprint density at radius 2 is 2.09 bits per heavy atom. The van der Waals surface area contributed by atoms with E-state index < -0.39 is 6.09 Å². The predicted molar refractivity (Wildman–Crippen MR) is 94.6 cm³/mol. The van der Waals surface area contributed by atoms with Crippen molar-refractivity contribution in [3.05, 3.63) is 27.2 Å². The molecule has 4 rings (SSSR count). The second-order valence-electron chi connectivity index (χ2n) is 8.04.